The molecule has 3 fully saturated rings. The number of carbonyl (C=O) groups excluding carboxylic acids is 2. The topological polar surface area (TPSA) is 172 Å². The molecule has 0 radical (unpaired) electrons. The molecule has 1 atom stereocenters. The van der Waals surface area contributed by atoms with Gasteiger partial charge in [-0.25, -0.2) is 18.2 Å². The highest BCUT2D eigenvalue weighted by molar-refractivity contribution is 7.93. The van der Waals surface area contributed by atoms with Crippen LogP contribution in [0, 0.1) is 22.7 Å². The lowest BCUT2D eigenvalue weighted by molar-refractivity contribution is -0.121. The van der Waals surface area contributed by atoms with E-state index in [0.29, 0.717) is 42.6 Å². The Morgan fingerprint density at radius 1 is 0.941 bits per heavy atom. The van der Waals surface area contributed by atoms with Crippen LogP contribution in [0.3, 0.4) is 0 Å². The van der Waals surface area contributed by atoms with Gasteiger partial charge in [-0.1, -0.05) is 0 Å². The first-order valence-corrected chi connectivity index (χ1v) is 18.5. The number of aromatic nitrogens is 1. The number of piperidine rings is 1. The zero-order chi connectivity index (χ0) is 35.8. The van der Waals surface area contributed by atoms with E-state index in [1.54, 1.807) is 24.0 Å². The number of carbonyl (C=O) groups is 2. The van der Waals surface area contributed by atoms with Crippen molar-refractivity contribution in [3.63, 3.8) is 0 Å². The second-order valence-electron chi connectivity index (χ2n) is 13.0. The molecule has 0 bridgehead atoms. The SMILES string of the molecule is CCOc1ncccc1[C@]1(NC(=O)N2CCN(C3CCN(C4COC4)CC3)CC2)C(=O)N(S(=O)(=O)c2ccc(C#N)cc2)c2ccc(C#N)cc21. The summed E-state index contributed by atoms with van der Waals surface area (Å²) in [7, 11) is -4.59. The molecule has 2 aromatic carbocycles. The first kappa shape index (κ1) is 34.4. The van der Waals surface area contributed by atoms with Gasteiger partial charge in [-0.05, 0) is 74.4 Å². The Kier molecular flexibility index (Phi) is 9.39. The van der Waals surface area contributed by atoms with Crippen LogP contribution < -0.4 is 14.4 Å². The van der Waals surface area contributed by atoms with Crippen molar-refractivity contribution in [3.05, 3.63) is 83.0 Å². The van der Waals surface area contributed by atoms with Crippen molar-refractivity contribution in [2.75, 3.05) is 63.4 Å². The van der Waals surface area contributed by atoms with Gasteiger partial charge in [0.1, 0.15) is 0 Å². The molecule has 0 unspecified atom stereocenters. The predicted octanol–water partition coefficient (Wildman–Crippen LogP) is 2.39. The van der Waals surface area contributed by atoms with E-state index < -0.39 is 27.5 Å². The smallest absolute Gasteiger partial charge is 0.318 e. The highest BCUT2D eigenvalue weighted by atomic mass is 32.2. The zero-order valence-electron chi connectivity index (χ0n) is 28.2. The van der Waals surface area contributed by atoms with Gasteiger partial charge in [0.2, 0.25) is 5.88 Å². The molecule has 7 rings (SSSR count). The lowest BCUT2D eigenvalue weighted by atomic mass is 9.83. The summed E-state index contributed by atoms with van der Waals surface area (Å²) in [5.41, 5.74) is -1.54. The molecular weight excluding hydrogens is 673 g/mol. The Hall–Kier alpha value is -5.06. The Balaban J connectivity index is 1.23. The number of fused-ring (bicyclic) bond motifs is 1. The van der Waals surface area contributed by atoms with E-state index in [1.165, 1.54) is 48.7 Å². The van der Waals surface area contributed by atoms with Gasteiger partial charge in [-0.15, -0.1) is 0 Å². The van der Waals surface area contributed by atoms with E-state index >= 15 is 4.79 Å². The maximum atomic E-state index is 15.0. The molecule has 1 aromatic heterocycles. The quantitative estimate of drug-likeness (QED) is 0.364. The van der Waals surface area contributed by atoms with E-state index in [-0.39, 0.29) is 45.3 Å². The number of piperazine rings is 1. The number of pyridine rings is 1. The molecule has 14 nitrogen and oxygen atoms in total. The minimum atomic E-state index is -4.59. The summed E-state index contributed by atoms with van der Waals surface area (Å²) in [4.78, 5) is 40.1. The van der Waals surface area contributed by atoms with Crippen molar-refractivity contribution in [2.45, 2.75) is 42.3 Å². The van der Waals surface area contributed by atoms with Crippen molar-refractivity contribution in [3.8, 4) is 18.0 Å². The van der Waals surface area contributed by atoms with Gasteiger partial charge >= 0.3 is 6.03 Å². The highest BCUT2D eigenvalue weighted by Gasteiger charge is 2.59. The van der Waals surface area contributed by atoms with Gasteiger partial charge in [0.15, 0.2) is 5.54 Å². The second-order valence-corrected chi connectivity index (χ2v) is 14.8. The number of nitrogens with zero attached hydrogens (tertiary/aromatic N) is 7. The number of sulfonamides is 1. The summed E-state index contributed by atoms with van der Waals surface area (Å²) in [6.07, 6.45) is 3.57. The Morgan fingerprint density at radius 3 is 2.24 bits per heavy atom. The summed E-state index contributed by atoms with van der Waals surface area (Å²) in [5, 5.41) is 22.1. The van der Waals surface area contributed by atoms with Gasteiger partial charge < -0.3 is 19.7 Å². The maximum Gasteiger partial charge on any atom is 0.318 e. The number of ether oxygens (including phenoxy) is 2. The minimum Gasteiger partial charge on any atom is -0.478 e. The number of benzene rings is 2. The average Bonchev–Trinajstić information content (AvgIpc) is 3.39. The fourth-order valence-electron chi connectivity index (χ4n) is 7.46. The van der Waals surface area contributed by atoms with E-state index in [2.05, 4.69) is 26.2 Å². The van der Waals surface area contributed by atoms with E-state index in [0.717, 1.165) is 39.1 Å². The molecule has 3 saturated heterocycles. The van der Waals surface area contributed by atoms with Crippen LogP contribution in [0.2, 0.25) is 0 Å². The fourth-order valence-corrected chi connectivity index (χ4v) is 8.93. The zero-order valence-corrected chi connectivity index (χ0v) is 29.0. The Labute approximate surface area is 296 Å². The lowest BCUT2D eigenvalue weighted by Crippen LogP contribution is -2.61. The highest BCUT2D eigenvalue weighted by Crippen LogP contribution is 2.49. The third kappa shape index (κ3) is 6.06. The Morgan fingerprint density at radius 2 is 1.61 bits per heavy atom. The number of hydrogen-bond donors (Lipinski definition) is 1. The van der Waals surface area contributed by atoms with Crippen molar-refractivity contribution in [2.24, 2.45) is 0 Å². The number of nitrogens with one attached hydrogen (secondary N) is 1. The van der Waals surface area contributed by atoms with Crippen molar-refractivity contribution >= 4 is 27.6 Å². The van der Waals surface area contributed by atoms with Gasteiger partial charge in [0.25, 0.3) is 15.9 Å². The molecule has 15 heteroatoms. The number of hydrogen-bond acceptors (Lipinski definition) is 11. The number of likely N-dealkylation sites (tertiary alicyclic amines) is 1. The summed E-state index contributed by atoms with van der Waals surface area (Å²) in [6, 6.07) is 17.0. The number of amides is 3. The van der Waals surface area contributed by atoms with E-state index in [4.69, 9.17) is 9.47 Å². The minimum absolute atomic E-state index is 0.0282. The summed E-state index contributed by atoms with van der Waals surface area (Å²) >= 11 is 0. The van der Waals surface area contributed by atoms with Gasteiger partial charge in [-0.3, -0.25) is 14.6 Å². The number of rotatable bonds is 8. The maximum absolute atomic E-state index is 15.0. The van der Waals surface area contributed by atoms with E-state index in [9.17, 15) is 23.7 Å². The monoisotopic (exact) mass is 710 g/mol. The molecule has 264 valence electrons. The molecule has 1 N–H and O–H groups in total. The summed E-state index contributed by atoms with van der Waals surface area (Å²) in [5.74, 6) is -0.953. The number of nitriles is 2. The molecule has 0 saturated carbocycles. The van der Waals surface area contributed by atoms with Crippen LogP contribution in [-0.2, 0) is 25.1 Å². The fraction of sp³-hybridized carbons (Fsp3) is 0.417. The lowest BCUT2D eigenvalue weighted by Gasteiger charge is -2.46. The van der Waals surface area contributed by atoms with Crippen LogP contribution in [-0.4, -0.2) is 111 Å². The van der Waals surface area contributed by atoms with E-state index in [1.807, 2.05) is 6.07 Å². The molecule has 5 heterocycles. The molecule has 4 aliphatic rings. The molecule has 3 amide bonds. The molecule has 51 heavy (non-hydrogen) atoms. The summed E-state index contributed by atoms with van der Waals surface area (Å²) < 4.78 is 40.5. The average molecular weight is 711 g/mol. The first-order valence-electron chi connectivity index (χ1n) is 17.1. The third-order valence-corrected chi connectivity index (χ3v) is 12.0. The van der Waals surface area contributed by atoms with Crippen LogP contribution in [0.25, 0.3) is 0 Å². The van der Waals surface area contributed by atoms with Crippen LogP contribution in [0.5, 0.6) is 5.88 Å². The predicted molar refractivity (Wildman–Crippen MR) is 184 cm³/mol. The van der Waals surface area contributed by atoms with Gasteiger partial charge in [0, 0.05) is 57.1 Å². The second kappa shape index (κ2) is 13.9. The van der Waals surface area contributed by atoms with Crippen molar-refractivity contribution in [1.29, 1.82) is 10.5 Å². The Bertz CT molecular complexity index is 2010. The third-order valence-electron chi connectivity index (χ3n) is 10.3. The first-order chi connectivity index (χ1) is 24.7. The number of anilines is 1. The van der Waals surface area contributed by atoms with Gasteiger partial charge in [-0.2, -0.15) is 14.8 Å². The summed E-state index contributed by atoms with van der Waals surface area (Å²) in [6.45, 7) is 7.65. The molecular formula is C36H38N8O6S. The number of urea groups is 1. The van der Waals surface area contributed by atoms with Crippen LogP contribution in [0.1, 0.15) is 42.0 Å². The van der Waals surface area contributed by atoms with Crippen molar-refractivity contribution in [1.82, 2.24) is 25.0 Å². The molecule has 3 aromatic rings. The van der Waals surface area contributed by atoms with Crippen molar-refractivity contribution < 1.29 is 27.5 Å². The molecule has 0 aliphatic carbocycles. The van der Waals surface area contributed by atoms with Crippen LogP contribution in [0.15, 0.2) is 65.7 Å². The normalized spacial score (nSPS) is 21.7. The largest absolute Gasteiger partial charge is 0.478 e. The molecule has 4 aliphatic heterocycles. The standard InChI is InChI=1S/C36H38N8O6S/c1-2-50-33-30(4-3-13-39-33)36(40-35(46)43-18-16-42(17-19-43)27-11-14-41(15-12-27)28-23-49-24-28)31-20-26(22-38)7-10-32(31)44(34(36)45)51(47,48)29-8-5-25(21-37)6-9-29/h3-10,13,20,27-28H,2,11-12,14-19,23-24H2,1H3,(H,40,46)/t36-/m1/s1. The molecule has 0 spiro atoms. The van der Waals surface area contributed by atoms with Crippen LogP contribution in [0.4, 0.5) is 10.5 Å². The van der Waals surface area contributed by atoms with Crippen LogP contribution >= 0.6 is 0 Å². The van der Waals surface area contributed by atoms with Gasteiger partial charge in [0.05, 0.1) is 65.3 Å².